The maximum absolute atomic E-state index is 2.52. The highest BCUT2D eigenvalue weighted by Gasteiger charge is 2.51. The zero-order valence-corrected chi connectivity index (χ0v) is 13.2. The first-order chi connectivity index (χ1) is 7.24. The van der Waals surface area contributed by atoms with Crippen LogP contribution in [0.15, 0.2) is 24.3 Å². The standard InChI is InChI=1S/C15H28Si/c1-12(2)15(16(6)7,14(3,4)5)13-10-8-9-11-13/h8-13,16H,1-7H3. The third-order valence-electron chi connectivity index (χ3n) is 4.51. The summed E-state index contributed by atoms with van der Waals surface area (Å²) in [5.74, 6) is 1.40. The summed E-state index contributed by atoms with van der Waals surface area (Å²) in [7, 11) is -0.760. The summed E-state index contributed by atoms with van der Waals surface area (Å²) in [6.07, 6.45) is 9.28. The van der Waals surface area contributed by atoms with Crippen LogP contribution in [0.1, 0.15) is 34.6 Å². The molecule has 0 heterocycles. The lowest BCUT2D eigenvalue weighted by Gasteiger charge is -2.54. The van der Waals surface area contributed by atoms with Crippen molar-refractivity contribution in [3.63, 3.8) is 0 Å². The zero-order chi connectivity index (χ0) is 12.6. The Bertz CT molecular complexity index is 269. The van der Waals surface area contributed by atoms with Gasteiger partial charge in [0.15, 0.2) is 0 Å². The molecule has 0 aromatic heterocycles. The average Bonchev–Trinajstić information content (AvgIpc) is 2.53. The van der Waals surface area contributed by atoms with Crippen molar-refractivity contribution in [3.05, 3.63) is 24.3 Å². The van der Waals surface area contributed by atoms with Crippen molar-refractivity contribution in [2.75, 3.05) is 0 Å². The molecule has 0 saturated heterocycles. The van der Waals surface area contributed by atoms with Gasteiger partial charge in [-0.2, -0.15) is 0 Å². The van der Waals surface area contributed by atoms with Gasteiger partial charge in [0.2, 0.25) is 0 Å². The number of hydrogen-bond acceptors (Lipinski definition) is 0. The van der Waals surface area contributed by atoms with E-state index in [4.69, 9.17) is 0 Å². The van der Waals surface area contributed by atoms with Gasteiger partial charge in [0.25, 0.3) is 0 Å². The minimum Gasteiger partial charge on any atom is -0.0773 e. The third kappa shape index (κ3) is 1.94. The van der Waals surface area contributed by atoms with Crippen molar-refractivity contribution in [1.82, 2.24) is 0 Å². The molecular formula is C15H28Si. The van der Waals surface area contributed by atoms with Gasteiger partial charge in [-0.15, -0.1) is 0 Å². The van der Waals surface area contributed by atoms with Gasteiger partial charge < -0.3 is 0 Å². The number of allylic oxidation sites excluding steroid dienone is 4. The van der Waals surface area contributed by atoms with Crippen molar-refractivity contribution >= 4 is 8.80 Å². The second-order valence-corrected chi connectivity index (χ2v) is 10.1. The molecule has 92 valence electrons. The fourth-order valence-electron chi connectivity index (χ4n) is 4.42. The van der Waals surface area contributed by atoms with Crippen molar-refractivity contribution in [3.8, 4) is 0 Å². The van der Waals surface area contributed by atoms with Crippen LogP contribution >= 0.6 is 0 Å². The van der Waals surface area contributed by atoms with Crippen LogP contribution in [-0.4, -0.2) is 8.80 Å². The molecule has 1 aliphatic carbocycles. The van der Waals surface area contributed by atoms with Crippen LogP contribution in [0.2, 0.25) is 18.1 Å². The molecule has 0 saturated carbocycles. The zero-order valence-electron chi connectivity index (χ0n) is 12.0. The summed E-state index contributed by atoms with van der Waals surface area (Å²) in [4.78, 5) is 0. The molecule has 1 aliphatic rings. The normalized spacial score (nSPS) is 21.1. The SMILES string of the molecule is CC(C)C(C1C=CC=C1)([SiH](C)C)C(C)(C)C. The fraction of sp³-hybridized carbons (Fsp3) is 0.733. The van der Waals surface area contributed by atoms with E-state index in [2.05, 4.69) is 72.0 Å². The summed E-state index contributed by atoms with van der Waals surface area (Å²) in [5, 5.41) is 0.483. The molecule has 0 radical (unpaired) electrons. The Morgan fingerprint density at radius 3 is 1.69 bits per heavy atom. The Kier molecular flexibility index (Phi) is 3.89. The summed E-state index contributed by atoms with van der Waals surface area (Å²) < 4.78 is 0. The van der Waals surface area contributed by atoms with Gasteiger partial charge in [-0.1, -0.05) is 72.0 Å². The van der Waals surface area contributed by atoms with Crippen LogP contribution < -0.4 is 0 Å². The van der Waals surface area contributed by atoms with E-state index in [9.17, 15) is 0 Å². The molecule has 0 bridgehead atoms. The molecule has 0 nitrogen and oxygen atoms in total. The monoisotopic (exact) mass is 236 g/mol. The van der Waals surface area contributed by atoms with Crippen LogP contribution in [0, 0.1) is 17.3 Å². The van der Waals surface area contributed by atoms with E-state index in [1.54, 1.807) is 0 Å². The second-order valence-electron chi connectivity index (χ2n) is 6.79. The molecule has 1 atom stereocenters. The minimum atomic E-state index is -0.760. The minimum absolute atomic E-state index is 0.380. The molecule has 0 N–H and O–H groups in total. The van der Waals surface area contributed by atoms with E-state index in [-0.39, 0.29) is 0 Å². The van der Waals surface area contributed by atoms with Gasteiger partial charge in [0.1, 0.15) is 0 Å². The van der Waals surface area contributed by atoms with Crippen molar-refractivity contribution in [1.29, 1.82) is 0 Å². The molecule has 0 aromatic rings. The summed E-state index contributed by atoms with van der Waals surface area (Å²) in [5.41, 5.74) is 0.380. The Balaban J connectivity index is 3.28. The Morgan fingerprint density at radius 2 is 1.44 bits per heavy atom. The molecule has 0 aromatic carbocycles. The van der Waals surface area contributed by atoms with Gasteiger partial charge in [0, 0.05) is 8.80 Å². The van der Waals surface area contributed by atoms with Crippen LogP contribution in [0.4, 0.5) is 0 Å². The van der Waals surface area contributed by atoms with Crippen LogP contribution in [-0.2, 0) is 0 Å². The topological polar surface area (TPSA) is 0 Å². The first kappa shape index (κ1) is 13.8. The maximum atomic E-state index is 2.52. The quantitative estimate of drug-likeness (QED) is 0.625. The van der Waals surface area contributed by atoms with Gasteiger partial charge in [-0.05, 0) is 22.3 Å². The summed E-state index contributed by atoms with van der Waals surface area (Å²) in [6.45, 7) is 17.2. The molecule has 0 aliphatic heterocycles. The highest BCUT2D eigenvalue weighted by molar-refractivity contribution is 6.60. The Hall–Kier alpha value is -0.303. The first-order valence-electron chi connectivity index (χ1n) is 6.59. The van der Waals surface area contributed by atoms with E-state index in [1.807, 2.05) is 0 Å². The predicted molar refractivity (Wildman–Crippen MR) is 77.6 cm³/mol. The van der Waals surface area contributed by atoms with E-state index >= 15 is 0 Å². The molecule has 0 amide bonds. The predicted octanol–water partition coefficient (Wildman–Crippen LogP) is 4.66. The molecule has 0 spiro atoms. The number of hydrogen-bond donors (Lipinski definition) is 0. The first-order valence-corrected chi connectivity index (χ1v) is 9.48. The van der Waals surface area contributed by atoms with Gasteiger partial charge >= 0.3 is 0 Å². The molecule has 0 fully saturated rings. The van der Waals surface area contributed by atoms with E-state index in [0.717, 1.165) is 5.92 Å². The highest BCUT2D eigenvalue weighted by Crippen LogP contribution is 2.60. The molecule has 1 rings (SSSR count). The fourth-order valence-corrected chi connectivity index (χ4v) is 8.48. The lowest BCUT2D eigenvalue weighted by molar-refractivity contribution is 0.164. The van der Waals surface area contributed by atoms with E-state index in [0.29, 0.717) is 16.4 Å². The second kappa shape index (κ2) is 4.52. The summed E-state index contributed by atoms with van der Waals surface area (Å²) >= 11 is 0. The smallest absolute Gasteiger partial charge is 0.0393 e. The van der Waals surface area contributed by atoms with Crippen molar-refractivity contribution in [2.24, 2.45) is 17.3 Å². The lowest BCUT2D eigenvalue weighted by atomic mass is 9.66. The highest BCUT2D eigenvalue weighted by atomic mass is 28.3. The van der Waals surface area contributed by atoms with Gasteiger partial charge in [0.05, 0.1) is 0 Å². The van der Waals surface area contributed by atoms with Crippen LogP contribution in [0.25, 0.3) is 0 Å². The maximum Gasteiger partial charge on any atom is 0.0393 e. The van der Waals surface area contributed by atoms with Gasteiger partial charge in [-0.3, -0.25) is 0 Å². The van der Waals surface area contributed by atoms with Crippen molar-refractivity contribution in [2.45, 2.75) is 52.8 Å². The molecule has 1 unspecified atom stereocenters. The number of rotatable bonds is 3. The Labute approximate surface area is 103 Å². The molecular weight excluding hydrogens is 208 g/mol. The third-order valence-corrected chi connectivity index (χ3v) is 8.34. The average molecular weight is 236 g/mol. The van der Waals surface area contributed by atoms with Gasteiger partial charge in [-0.25, -0.2) is 0 Å². The lowest BCUT2D eigenvalue weighted by Crippen LogP contribution is -2.47. The van der Waals surface area contributed by atoms with E-state index in [1.165, 1.54) is 0 Å². The Morgan fingerprint density at radius 1 is 1.00 bits per heavy atom. The van der Waals surface area contributed by atoms with E-state index < -0.39 is 8.80 Å². The van der Waals surface area contributed by atoms with Crippen LogP contribution in [0.3, 0.4) is 0 Å². The van der Waals surface area contributed by atoms with Crippen LogP contribution in [0.5, 0.6) is 0 Å². The largest absolute Gasteiger partial charge is 0.0773 e. The summed E-state index contributed by atoms with van der Waals surface area (Å²) in [6, 6.07) is 0. The molecule has 16 heavy (non-hydrogen) atoms. The van der Waals surface area contributed by atoms with Crippen molar-refractivity contribution < 1.29 is 0 Å². The molecule has 1 heteroatoms.